The number of halogens is 2. The topological polar surface area (TPSA) is 42.0 Å². The average molecular weight is 417 g/mol. The van der Waals surface area contributed by atoms with Crippen LogP contribution in [0.5, 0.6) is 0 Å². The summed E-state index contributed by atoms with van der Waals surface area (Å²) in [6.07, 6.45) is 5.06. The van der Waals surface area contributed by atoms with E-state index in [1.807, 2.05) is 5.38 Å². The highest BCUT2D eigenvalue weighted by Gasteiger charge is 2.13. The van der Waals surface area contributed by atoms with Crippen molar-refractivity contribution in [1.29, 1.82) is 0 Å². The number of amides is 1. The highest BCUT2D eigenvalue weighted by Crippen LogP contribution is 2.30. The van der Waals surface area contributed by atoms with Crippen molar-refractivity contribution in [3.05, 3.63) is 68.5 Å². The largest absolute Gasteiger partial charge is 0.302 e. The van der Waals surface area contributed by atoms with Crippen LogP contribution in [0, 0.1) is 0 Å². The van der Waals surface area contributed by atoms with Gasteiger partial charge in [0.05, 0.1) is 22.2 Å². The van der Waals surface area contributed by atoms with Crippen LogP contribution in [0.1, 0.15) is 29.5 Å². The third-order valence-corrected chi connectivity index (χ3v) is 6.24. The number of benzene rings is 2. The molecular weight excluding hydrogens is 399 g/mol. The van der Waals surface area contributed by atoms with Gasteiger partial charge in [0.1, 0.15) is 0 Å². The van der Waals surface area contributed by atoms with Gasteiger partial charge in [0, 0.05) is 10.9 Å². The number of rotatable bonds is 4. The molecule has 0 saturated carbocycles. The van der Waals surface area contributed by atoms with Crippen LogP contribution in [0.15, 0.2) is 41.8 Å². The third-order valence-electron chi connectivity index (χ3n) is 4.74. The normalized spacial score (nSPS) is 13.3. The molecule has 2 aromatic carbocycles. The summed E-state index contributed by atoms with van der Waals surface area (Å²) in [6.45, 7) is 0. The van der Waals surface area contributed by atoms with E-state index in [4.69, 9.17) is 23.2 Å². The molecule has 0 atom stereocenters. The Labute approximate surface area is 172 Å². The molecule has 0 fully saturated rings. The number of aryl methyl sites for hydroxylation is 2. The Morgan fingerprint density at radius 3 is 2.67 bits per heavy atom. The monoisotopic (exact) mass is 416 g/mol. The molecule has 138 valence electrons. The molecule has 3 nitrogen and oxygen atoms in total. The Morgan fingerprint density at radius 2 is 1.85 bits per heavy atom. The van der Waals surface area contributed by atoms with Gasteiger partial charge in [0.25, 0.3) is 0 Å². The molecule has 0 unspecified atom stereocenters. The van der Waals surface area contributed by atoms with E-state index < -0.39 is 0 Å². The lowest BCUT2D eigenvalue weighted by atomic mass is 9.90. The van der Waals surface area contributed by atoms with E-state index in [9.17, 15) is 4.79 Å². The van der Waals surface area contributed by atoms with E-state index in [1.165, 1.54) is 41.7 Å². The summed E-state index contributed by atoms with van der Waals surface area (Å²) >= 11 is 13.4. The van der Waals surface area contributed by atoms with Crippen molar-refractivity contribution in [3.63, 3.8) is 0 Å². The smallest absolute Gasteiger partial charge is 0.230 e. The van der Waals surface area contributed by atoms with Crippen molar-refractivity contribution >= 4 is 45.6 Å². The molecule has 27 heavy (non-hydrogen) atoms. The van der Waals surface area contributed by atoms with Gasteiger partial charge < -0.3 is 5.32 Å². The second-order valence-corrected chi connectivity index (χ2v) is 8.37. The minimum absolute atomic E-state index is 0.125. The number of carbonyl (C=O) groups excluding carboxylic acids is 1. The number of hydrogen-bond acceptors (Lipinski definition) is 3. The third kappa shape index (κ3) is 4.34. The summed E-state index contributed by atoms with van der Waals surface area (Å²) in [6, 6.07) is 11.8. The second-order valence-electron chi connectivity index (χ2n) is 6.70. The highest BCUT2D eigenvalue weighted by molar-refractivity contribution is 7.14. The van der Waals surface area contributed by atoms with Gasteiger partial charge in [-0.1, -0.05) is 41.4 Å². The SMILES string of the molecule is O=C(Cc1ccc(Cl)c(Cl)c1)Nc1nc(-c2ccc3c(c2)CCCC3)cs1. The molecule has 0 saturated heterocycles. The van der Waals surface area contributed by atoms with Gasteiger partial charge in [-0.3, -0.25) is 4.79 Å². The molecule has 0 bridgehead atoms. The number of hydrogen-bond donors (Lipinski definition) is 1. The molecule has 1 heterocycles. The summed E-state index contributed by atoms with van der Waals surface area (Å²) in [7, 11) is 0. The van der Waals surface area contributed by atoms with Crippen LogP contribution >= 0.6 is 34.5 Å². The van der Waals surface area contributed by atoms with E-state index in [0.717, 1.165) is 23.2 Å². The predicted molar refractivity (Wildman–Crippen MR) is 113 cm³/mol. The van der Waals surface area contributed by atoms with Crippen LogP contribution in [0.3, 0.4) is 0 Å². The lowest BCUT2D eigenvalue weighted by Gasteiger charge is -2.16. The molecule has 0 radical (unpaired) electrons. The van der Waals surface area contributed by atoms with Crippen molar-refractivity contribution in [2.75, 3.05) is 5.32 Å². The fraction of sp³-hybridized carbons (Fsp3) is 0.238. The fourth-order valence-corrected chi connectivity index (χ4v) is 4.41. The van der Waals surface area contributed by atoms with Crippen LogP contribution in [0.25, 0.3) is 11.3 Å². The van der Waals surface area contributed by atoms with Gasteiger partial charge in [-0.05, 0) is 60.6 Å². The second kappa shape index (κ2) is 8.01. The predicted octanol–water partition coefficient (Wildman–Crippen LogP) is 6.18. The van der Waals surface area contributed by atoms with Crippen molar-refractivity contribution < 1.29 is 4.79 Å². The first-order valence-corrected chi connectivity index (χ1v) is 10.5. The van der Waals surface area contributed by atoms with Gasteiger partial charge in [0.2, 0.25) is 5.91 Å². The maximum absolute atomic E-state index is 12.3. The molecule has 1 aliphatic carbocycles. The number of anilines is 1. The van der Waals surface area contributed by atoms with Crippen LogP contribution in [0.2, 0.25) is 10.0 Å². The maximum atomic E-state index is 12.3. The Hall–Kier alpha value is -1.88. The standard InChI is InChI=1S/C21H18Cl2N2OS/c22-17-8-5-13(9-18(17)23)10-20(26)25-21-24-19(12-27-21)16-7-6-14-3-1-2-4-15(14)11-16/h5-9,11-12H,1-4,10H2,(H,24,25,26). The molecular formula is C21H18Cl2N2OS. The summed E-state index contributed by atoms with van der Waals surface area (Å²) in [5.74, 6) is -0.125. The summed E-state index contributed by atoms with van der Waals surface area (Å²) in [4.78, 5) is 16.9. The van der Waals surface area contributed by atoms with Gasteiger partial charge >= 0.3 is 0 Å². The Kier molecular flexibility index (Phi) is 5.48. The van der Waals surface area contributed by atoms with Crippen LogP contribution in [-0.2, 0) is 24.1 Å². The first-order valence-electron chi connectivity index (χ1n) is 8.90. The molecule has 1 aromatic heterocycles. The van der Waals surface area contributed by atoms with Crippen molar-refractivity contribution in [1.82, 2.24) is 4.98 Å². The molecule has 6 heteroatoms. The van der Waals surface area contributed by atoms with Crippen molar-refractivity contribution in [3.8, 4) is 11.3 Å². The molecule has 4 rings (SSSR count). The van der Waals surface area contributed by atoms with E-state index in [-0.39, 0.29) is 12.3 Å². The zero-order valence-electron chi connectivity index (χ0n) is 14.6. The molecule has 1 amide bonds. The number of nitrogens with zero attached hydrogens (tertiary/aromatic N) is 1. The van der Waals surface area contributed by atoms with E-state index in [1.54, 1.807) is 18.2 Å². The van der Waals surface area contributed by atoms with E-state index in [0.29, 0.717) is 15.2 Å². The minimum atomic E-state index is -0.125. The summed E-state index contributed by atoms with van der Waals surface area (Å²) in [5, 5.41) is 6.39. The molecule has 0 aliphatic heterocycles. The number of thiazole rings is 1. The maximum Gasteiger partial charge on any atom is 0.230 e. The number of aromatic nitrogens is 1. The summed E-state index contributed by atoms with van der Waals surface area (Å²) < 4.78 is 0. The minimum Gasteiger partial charge on any atom is -0.302 e. The van der Waals surface area contributed by atoms with Crippen LogP contribution < -0.4 is 5.32 Å². The first-order chi connectivity index (χ1) is 13.1. The van der Waals surface area contributed by atoms with Crippen molar-refractivity contribution in [2.45, 2.75) is 32.1 Å². The zero-order chi connectivity index (χ0) is 18.8. The Bertz CT molecular complexity index is 1000. The number of carbonyl (C=O) groups is 1. The Balaban J connectivity index is 1.44. The fourth-order valence-electron chi connectivity index (χ4n) is 3.35. The quantitative estimate of drug-likeness (QED) is 0.551. The lowest BCUT2D eigenvalue weighted by molar-refractivity contribution is -0.115. The number of nitrogens with one attached hydrogen (secondary N) is 1. The highest BCUT2D eigenvalue weighted by atomic mass is 35.5. The van der Waals surface area contributed by atoms with Crippen LogP contribution in [-0.4, -0.2) is 10.9 Å². The van der Waals surface area contributed by atoms with Gasteiger partial charge in [-0.15, -0.1) is 11.3 Å². The van der Waals surface area contributed by atoms with Gasteiger partial charge in [-0.2, -0.15) is 0 Å². The van der Waals surface area contributed by atoms with Crippen LogP contribution in [0.4, 0.5) is 5.13 Å². The molecule has 0 spiro atoms. The lowest BCUT2D eigenvalue weighted by Crippen LogP contribution is -2.14. The van der Waals surface area contributed by atoms with Crippen molar-refractivity contribution in [2.24, 2.45) is 0 Å². The molecule has 1 N–H and O–H groups in total. The molecule has 1 aliphatic rings. The first kappa shape index (κ1) is 18.5. The molecule has 3 aromatic rings. The van der Waals surface area contributed by atoms with E-state index in [2.05, 4.69) is 28.5 Å². The zero-order valence-corrected chi connectivity index (χ0v) is 16.9. The number of fused-ring (bicyclic) bond motifs is 1. The Morgan fingerprint density at radius 1 is 1.04 bits per heavy atom. The average Bonchev–Trinajstić information content (AvgIpc) is 3.12. The van der Waals surface area contributed by atoms with Gasteiger partial charge in [-0.25, -0.2) is 4.98 Å². The van der Waals surface area contributed by atoms with Gasteiger partial charge in [0.15, 0.2) is 5.13 Å². The summed E-state index contributed by atoms with van der Waals surface area (Å²) in [5.41, 5.74) is 5.70. The van der Waals surface area contributed by atoms with E-state index >= 15 is 0 Å².